The molecule has 102 valence electrons. The Hall–Kier alpha value is -0.940. The molecule has 0 bridgehead atoms. The van der Waals surface area contributed by atoms with Gasteiger partial charge in [0.05, 0.1) is 18.8 Å². The van der Waals surface area contributed by atoms with Gasteiger partial charge in [-0.3, -0.25) is 0 Å². The molecule has 0 radical (unpaired) electrons. The zero-order valence-electron chi connectivity index (χ0n) is 11.4. The maximum atomic E-state index is 5.98. The van der Waals surface area contributed by atoms with Crippen molar-refractivity contribution in [2.24, 2.45) is 11.7 Å². The van der Waals surface area contributed by atoms with Crippen LogP contribution in [0.25, 0.3) is 0 Å². The van der Waals surface area contributed by atoms with Crippen molar-refractivity contribution in [3.05, 3.63) is 11.7 Å². The van der Waals surface area contributed by atoms with Gasteiger partial charge in [0.15, 0.2) is 5.82 Å². The van der Waals surface area contributed by atoms with E-state index in [1.54, 1.807) is 0 Å². The summed E-state index contributed by atoms with van der Waals surface area (Å²) in [5.74, 6) is 2.34. The molecule has 18 heavy (non-hydrogen) atoms. The van der Waals surface area contributed by atoms with Crippen molar-refractivity contribution in [1.29, 1.82) is 0 Å². The van der Waals surface area contributed by atoms with E-state index in [1.165, 1.54) is 12.8 Å². The SMILES string of the molecule is CC(C)OCC(N)c1noc(C2CCCC2C)n1. The number of rotatable bonds is 5. The summed E-state index contributed by atoms with van der Waals surface area (Å²) >= 11 is 0. The minimum Gasteiger partial charge on any atom is -0.377 e. The van der Waals surface area contributed by atoms with Gasteiger partial charge in [-0.15, -0.1) is 0 Å². The second-order valence-corrected chi connectivity index (χ2v) is 5.49. The number of hydrogen-bond acceptors (Lipinski definition) is 5. The fourth-order valence-electron chi connectivity index (χ4n) is 2.43. The number of nitrogens with zero attached hydrogens (tertiary/aromatic N) is 2. The number of ether oxygens (including phenoxy) is 1. The normalized spacial score (nSPS) is 25.8. The minimum atomic E-state index is -0.304. The summed E-state index contributed by atoms with van der Waals surface area (Å²) in [6.45, 7) is 6.63. The molecule has 0 aliphatic heterocycles. The van der Waals surface area contributed by atoms with Gasteiger partial charge in [0.2, 0.25) is 5.89 Å². The summed E-state index contributed by atoms with van der Waals surface area (Å²) in [4.78, 5) is 4.44. The van der Waals surface area contributed by atoms with Crippen LogP contribution in [-0.2, 0) is 4.74 Å². The monoisotopic (exact) mass is 253 g/mol. The molecule has 3 atom stereocenters. The Morgan fingerprint density at radius 3 is 2.83 bits per heavy atom. The van der Waals surface area contributed by atoms with Gasteiger partial charge >= 0.3 is 0 Å². The lowest BCUT2D eigenvalue weighted by molar-refractivity contribution is 0.0665. The van der Waals surface area contributed by atoms with E-state index in [2.05, 4.69) is 17.1 Å². The third-order valence-corrected chi connectivity index (χ3v) is 3.58. The van der Waals surface area contributed by atoms with Gasteiger partial charge in [0.1, 0.15) is 0 Å². The van der Waals surface area contributed by atoms with Crippen LogP contribution >= 0.6 is 0 Å². The predicted octanol–water partition coefficient (Wildman–Crippen LogP) is 2.40. The maximum Gasteiger partial charge on any atom is 0.230 e. The highest BCUT2D eigenvalue weighted by molar-refractivity contribution is 5.01. The predicted molar refractivity (Wildman–Crippen MR) is 68.1 cm³/mol. The Kier molecular flexibility index (Phi) is 4.35. The van der Waals surface area contributed by atoms with E-state index >= 15 is 0 Å². The molecule has 2 N–H and O–H groups in total. The van der Waals surface area contributed by atoms with Gasteiger partial charge < -0.3 is 15.0 Å². The third-order valence-electron chi connectivity index (χ3n) is 3.58. The average Bonchev–Trinajstić information content (AvgIpc) is 2.93. The van der Waals surface area contributed by atoms with Crippen LogP contribution in [0.15, 0.2) is 4.52 Å². The number of nitrogens with two attached hydrogens (primary N) is 1. The highest BCUT2D eigenvalue weighted by atomic mass is 16.5. The van der Waals surface area contributed by atoms with Crippen LogP contribution in [0.2, 0.25) is 0 Å². The molecule has 0 aromatic carbocycles. The van der Waals surface area contributed by atoms with Crippen molar-refractivity contribution >= 4 is 0 Å². The van der Waals surface area contributed by atoms with Crippen molar-refractivity contribution in [2.75, 3.05) is 6.61 Å². The van der Waals surface area contributed by atoms with E-state index in [0.29, 0.717) is 24.3 Å². The molecule has 5 nitrogen and oxygen atoms in total. The van der Waals surface area contributed by atoms with Gasteiger partial charge in [-0.25, -0.2) is 0 Å². The molecule has 1 aromatic rings. The first-order valence-electron chi connectivity index (χ1n) is 6.78. The molecule has 3 unspecified atom stereocenters. The summed E-state index contributed by atoms with van der Waals surface area (Å²) in [5, 5.41) is 3.98. The molecule has 0 amide bonds. The molecule has 0 spiro atoms. The average molecular weight is 253 g/mol. The largest absolute Gasteiger partial charge is 0.377 e. The number of hydrogen-bond donors (Lipinski definition) is 1. The molecule has 0 saturated heterocycles. The van der Waals surface area contributed by atoms with Gasteiger partial charge in [-0.05, 0) is 32.6 Å². The summed E-state index contributed by atoms with van der Waals surface area (Å²) in [7, 11) is 0. The van der Waals surface area contributed by atoms with Crippen LogP contribution < -0.4 is 5.73 Å². The van der Waals surface area contributed by atoms with Crippen LogP contribution in [0.5, 0.6) is 0 Å². The van der Waals surface area contributed by atoms with Gasteiger partial charge in [-0.1, -0.05) is 18.5 Å². The van der Waals surface area contributed by atoms with Crippen LogP contribution in [0.4, 0.5) is 0 Å². The first kappa shape index (κ1) is 13.5. The molecular weight excluding hydrogens is 230 g/mol. The van der Waals surface area contributed by atoms with Crippen LogP contribution in [0.3, 0.4) is 0 Å². The Labute approximate surface area is 108 Å². The van der Waals surface area contributed by atoms with E-state index in [9.17, 15) is 0 Å². The highest BCUT2D eigenvalue weighted by Gasteiger charge is 2.30. The lowest BCUT2D eigenvalue weighted by atomic mass is 9.98. The van der Waals surface area contributed by atoms with Crippen molar-refractivity contribution in [3.8, 4) is 0 Å². The highest BCUT2D eigenvalue weighted by Crippen LogP contribution is 2.38. The molecule has 5 heteroatoms. The van der Waals surface area contributed by atoms with Crippen molar-refractivity contribution in [2.45, 2.75) is 58.1 Å². The Morgan fingerprint density at radius 2 is 2.22 bits per heavy atom. The van der Waals surface area contributed by atoms with Crippen molar-refractivity contribution in [3.63, 3.8) is 0 Å². The third kappa shape index (κ3) is 3.09. The molecule has 2 rings (SSSR count). The summed E-state index contributed by atoms with van der Waals surface area (Å²) < 4.78 is 10.8. The van der Waals surface area contributed by atoms with E-state index in [0.717, 1.165) is 12.3 Å². The fourth-order valence-corrected chi connectivity index (χ4v) is 2.43. The van der Waals surface area contributed by atoms with Gasteiger partial charge in [-0.2, -0.15) is 4.98 Å². The summed E-state index contributed by atoms with van der Waals surface area (Å²) in [5.41, 5.74) is 5.98. The Bertz CT molecular complexity index is 378. The van der Waals surface area contributed by atoms with Crippen molar-refractivity contribution in [1.82, 2.24) is 10.1 Å². The van der Waals surface area contributed by atoms with Crippen LogP contribution in [-0.4, -0.2) is 22.9 Å². The van der Waals surface area contributed by atoms with E-state index in [-0.39, 0.29) is 12.1 Å². The molecule has 1 aliphatic carbocycles. The standard InChI is InChI=1S/C13H23N3O2/c1-8(2)17-7-11(14)12-15-13(18-16-12)10-6-4-5-9(10)3/h8-11H,4-7,14H2,1-3H3. The summed E-state index contributed by atoms with van der Waals surface area (Å²) in [6, 6.07) is -0.304. The van der Waals surface area contributed by atoms with E-state index < -0.39 is 0 Å². The number of aromatic nitrogens is 2. The zero-order chi connectivity index (χ0) is 13.1. The van der Waals surface area contributed by atoms with Crippen molar-refractivity contribution < 1.29 is 9.26 Å². The smallest absolute Gasteiger partial charge is 0.230 e. The zero-order valence-corrected chi connectivity index (χ0v) is 11.4. The second-order valence-electron chi connectivity index (χ2n) is 5.49. The molecule has 1 aliphatic rings. The maximum absolute atomic E-state index is 5.98. The molecule has 1 saturated carbocycles. The second kappa shape index (κ2) is 5.80. The molecule has 1 fully saturated rings. The Morgan fingerprint density at radius 1 is 1.44 bits per heavy atom. The Balaban J connectivity index is 1.97. The minimum absolute atomic E-state index is 0.164. The lowest BCUT2D eigenvalue weighted by Crippen LogP contribution is -2.21. The lowest BCUT2D eigenvalue weighted by Gasteiger charge is -2.11. The van der Waals surface area contributed by atoms with Crippen LogP contribution in [0, 0.1) is 5.92 Å². The molecule has 1 heterocycles. The quantitative estimate of drug-likeness (QED) is 0.872. The van der Waals surface area contributed by atoms with Crippen LogP contribution in [0.1, 0.15) is 63.7 Å². The first-order chi connectivity index (χ1) is 8.58. The topological polar surface area (TPSA) is 74.2 Å². The van der Waals surface area contributed by atoms with E-state index in [4.69, 9.17) is 15.0 Å². The van der Waals surface area contributed by atoms with E-state index in [1.807, 2.05) is 13.8 Å². The molecular formula is C13H23N3O2. The first-order valence-corrected chi connectivity index (χ1v) is 6.78. The summed E-state index contributed by atoms with van der Waals surface area (Å²) in [6.07, 6.45) is 3.79. The molecule has 1 aromatic heterocycles. The fraction of sp³-hybridized carbons (Fsp3) is 0.846. The van der Waals surface area contributed by atoms with Gasteiger partial charge in [0, 0.05) is 5.92 Å². The van der Waals surface area contributed by atoms with Gasteiger partial charge in [0.25, 0.3) is 0 Å².